The van der Waals surface area contributed by atoms with Crippen molar-refractivity contribution < 1.29 is 13.9 Å². The summed E-state index contributed by atoms with van der Waals surface area (Å²) >= 11 is 1.33. The van der Waals surface area contributed by atoms with Crippen LogP contribution in [0.25, 0.3) is 11.4 Å². The maximum absolute atomic E-state index is 13.2. The third-order valence-corrected chi connectivity index (χ3v) is 5.24. The van der Waals surface area contributed by atoms with Gasteiger partial charge in [0.2, 0.25) is 0 Å². The van der Waals surface area contributed by atoms with Crippen LogP contribution in [0.2, 0.25) is 0 Å². The number of nitrogens with zero attached hydrogens (tertiary/aromatic N) is 3. The molecule has 28 heavy (non-hydrogen) atoms. The predicted octanol–water partition coefficient (Wildman–Crippen LogP) is 4.64. The molecule has 3 rings (SSSR count). The highest BCUT2D eigenvalue weighted by atomic mass is 32.2. The monoisotopic (exact) mass is 397 g/mol. The predicted molar refractivity (Wildman–Crippen MR) is 108 cm³/mol. The van der Waals surface area contributed by atoms with Gasteiger partial charge in [0.15, 0.2) is 16.8 Å². The summed E-state index contributed by atoms with van der Waals surface area (Å²) in [7, 11) is 1.58. The summed E-state index contributed by atoms with van der Waals surface area (Å²) in [5, 5.41) is 8.72. The second-order valence-electron chi connectivity index (χ2n) is 6.07. The molecule has 0 spiro atoms. The Balaban J connectivity index is 1.83. The highest BCUT2D eigenvalue weighted by Gasteiger charge is 2.21. The van der Waals surface area contributed by atoms with Gasteiger partial charge in [0.1, 0.15) is 11.6 Å². The van der Waals surface area contributed by atoms with Crippen molar-refractivity contribution in [1.29, 1.82) is 0 Å². The molecule has 0 saturated heterocycles. The number of hydrogen-bond acceptors (Lipinski definition) is 5. The van der Waals surface area contributed by atoms with E-state index < -0.39 is 0 Å². The zero-order valence-corrected chi connectivity index (χ0v) is 16.4. The van der Waals surface area contributed by atoms with Crippen molar-refractivity contribution in [2.75, 3.05) is 7.11 Å². The summed E-state index contributed by atoms with van der Waals surface area (Å²) in [6.07, 6.45) is 1.73. The van der Waals surface area contributed by atoms with Gasteiger partial charge in [0, 0.05) is 17.7 Å². The lowest BCUT2D eigenvalue weighted by atomic mass is 10.1. The molecular formula is C21H20FN3O2S. The van der Waals surface area contributed by atoms with Gasteiger partial charge >= 0.3 is 0 Å². The maximum atomic E-state index is 13.2. The second kappa shape index (κ2) is 8.84. The number of aromatic nitrogens is 3. The van der Waals surface area contributed by atoms with E-state index in [0.717, 1.165) is 5.56 Å². The summed E-state index contributed by atoms with van der Waals surface area (Å²) < 4.78 is 20.2. The summed E-state index contributed by atoms with van der Waals surface area (Å²) in [4.78, 5) is 12.8. The van der Waals surface area contributed by atoms with Gasteiger partial charge in [0.25, 0.3) is 0 Å². The molecule has 5 nitrogen and oxygen atoms in total. The molecule has 144 valence electrons. The highest BCUT2D eigenvalue weighted by Crippen LogP contribution is 2.29. The van der Waals surface area contributed by atoms with Crippen LogP contribution in [0, 0.1) is 5.82 Å². The average Bonchev–Trinajstić information content (AvgIpc) is 3.10. The molecule has 0 saturated carbocycles. The number of ether oxygens (including phenoxy) is 1. The molecule has 0 aliphatic rings. The topological polar surface area (TPSA) is 57.0 Å². The first-order valence-electron chi connectivity index (χ1n) is 8.68. The molecule has 1 aromatic heterocycles. The zero-order valence-electron chi connectivity index (χ0n) is 15.6. The Morgan fingerprint density at radius 3 is 2.50 bits per heavy atom. The number of hydrogen-bond donors (Lipinski definition) is 0. The molecule has 0 N–H and O–H groups in total. The Kier molecular flexibility index (Phi) is 6.26. The third-order valence-electron chi connectivity index (χ3n) is 4.16. The van der Waals surface area contributed by atoms with E-state index in [1.54, 1.807) is 49.6 Å². The number of Topliss-reactive ketones (excluding diaryl/α,β-unsaturated/α-hetero) is 1. The van der Waals surface area contributed by atoms with Crippen LogP contribution >= 0.6 is 11.8 Å². The lowest BCUT2D eigenvalue weighted by molar-refractivity contribution is 0.0994. The van der Waals surface area contributed by atoms with Crippen molar-refractivity contribution in [3.8, 4) is 17.1 Å². The molecule has 0 bridgehead atoms. The van der Waals surface area contributed by atoms with Crippen molar-refractivity contribution >= 4 is 17.5 Å². The fourth-order valence-electron chi connectivity index (χ4n) is 2.68. The van der Waals surface area contributed by atoms with E-state index in [0.29, 0.717) is 28.8 Å². The van der Waals surface area contributed by atoms with Gasteiger partial charge < -0.3 is 4.74 Å². The molecule has 3 aromatic rings. The Morgan fingerprint density at radius 2 is 1.89 bits per heavy atom. The molecule has 7 heteroatoms. The minimum atomic E-state index is -0.359. The second-order valence-corrected chi connectivity index (χ2v) is 7.37. The van der Waals surface area contributed by atoms with Crippen molar-refractivity contribution in [2.45, 2.75) is 23.9 Å². The molecule has 1 atom stereocenters. The number of methoxy groups -OCH3 is 1. The molecule has 0 amide bonds. The smallest absolute Gasteiger partial charge is 0.192 e. The Labute approximate surface area is 167 Å². The number of rotatable bonds is 8. The summed E-state index contributed by atoms with van der Waals surface area (Å²) in [5.74, 6) is 0.981. The van der Waals surface area contributed by atoms with E-state index in [-0.39, 0.29) is 16.9 Å². The average molecular weight is 397 g/mol. The molecular weight excluding hydrogens is 377 g/mol. The first-order valence-corrected chi connectivity index (χ1v) is 9.56. The number of ketones is 1. The number of allylic oxidation sites excluding steroid dienone is 1. The number of thioether (sulfide) groups is 1. The first kappa shape index (κ1) is 19.8. The fourth-order valence-corrected chi connectivity index (χ4v) is 3.62. The van der Waals surface area contributed by atoms with E-state index in [1.807, 2.05) is 11.5 Å². The van der Waals surface area contributed by atoms with E-state index in [9.17, 15) is 9.18 Å². The Bertz CT molecular complexity index is 968. The lowest BCUT2D eigenvalue weighted by Crippen LogP contribution is -2.14. The summed E-state index contributed by atoms with van der Waals surface area (Å²) in [5.41, 5.74) is 1.35. The number of carbonyl (C=O) groups is 1. The zero-order chi connectivity index (χ0) is 20.1. The molecule has 0 radical (unpaired) electrons. The van der Waals surface area contributed by atoms with Crippen molar-refractivity contribution in [3.05, 3.63) is 72.6 Å². The van der Waals surface area contributed by atoms with Crippen molar-refractivity contribution in [3.63, 3.8) is 0 Å². The van der Waals surface area contributed by atoms with E-state index in [4.69, 9.17) is 4.74 Å². The number of carbonyl (C=O) groups excluding carboxylic acids is 1. The lowest BCUT2D eigenvalue weighted by Gasteiger charge is -2.12. The first-order chi connectivity index (χ1) is 13.5. The van der Waals surface area contributed by atoms with Gasteiger partial charge in [-0.15, -0.1) is 16.8 Å². The molecule has 2 aromatic carbocycles. The minimum absolute atomic E-state index is 0.0101. The minimum Gasteiger partial charge on any atom is -0.497 e. The van der Waals surface area contributed by atoms with Crippen LogP contribution in [-0.4, -0.2) is 32.9 Å². The maximum Gasteiger partial charge on any atom is 0.192 e. The Hall–Kier alpha value is -2.93. The van der Waals surface area contributed by atoms with Gasteiger partial charge in [-0.2, -0.15) is 0 Å². The van der Waals surface area contributed by atoms with E-state index >= 15 is 0 Å². The summed E-state index contributed by atoms with van der Waals surface area (Å²) in [6, 6.07) is 13.1. The molecule has 1 heterocycles. The van der Waals surface area contributed by atoms with E-state index in [2.05, 4.69) is 16.8 Å². The van der Waals surface area contributed by atoms with Crippen LogP contribution in [0.5, 0.6) is 5.75 Å². The molecule has 0 aliphatic carbocycles. The van der Waals surface area contributed by atoms with Crippen LogP contribution in [0.15, 0.2) is 66.3 Å². The van der Waals surface area contributed by atoms with Gasteiger partial charge in [0.05, 0.1) is 12.4 Å². The van der Waals surface area contributed by atoms with Crippen molar-refractivity contribution in [2.24, 2.45) is 0 Å². The summed E-state index contributed by atoms with van der Waals surface area (Å²) in [6.45, 7) is 6.09. The van der Waals surface area contributed by atoms with Crippen molar-refractivity contribution in [1.82, 2.24) is 14.8 Å². The quantitative estimate of drug-likeness (QED) is 0.315. The van der Waals surface area contributed by atoms with Gasteiger partial charge in [-0.05, 0) is 55.5 Å². The van der Waals surface area contributed by atoms with Crippen LogP contribution in [0.1, 0.15) is 17.3 Å². The van der Waals surface area contributed by atoms with Gasteiger partial charge in [-0.3, -0.25) is 9.36 Å². The fraction of sp³-hybridized carbons (Fsp3) is 0.190. The normalized spacial score (nSPS) is 11.8. The van der Waals surface area contributed by atoms with Gasteiger partial charge in [-0.25, -0.2) is 4.39 Å². The van der Waals surface area contributed by atoms with Crippen LogP contribution in [0.3, 0.4) is 0 Å². The standard InChI is InChI=1S/C21H20FN3O2S/c1-4-13-25-20(16-5-9-17(22)10-6-16)23-24-21(25)28-14(2)19(26)15-7-11-18(27-3)12-8-15/h4-12,14H,1,13H2,2-3H3/t14-/m0/s1. The Morgan fingerprint density at radius 1 is 1.21 bits per heavy atom. The third kappa shape index (κ3) is 4.31. The van der Waals surface area contributed by atoms with Crippen LogP contribution in [0.4, 0.5) is 4.39 Å². The van der Waals surface area contributed by atoms with E-state index in [1.165, 1.54) is 23.9 Å². The largest absolute Gasteiger partial charge is 0.497 e. The SMILES string of the molecule is C=CCn1c(S[C@@H](C)C(=O)c2ccc(OC)cc2)nnc1-c1ccc(F)cc1. The number of halogens is 1. The number of benzene rings is 2. The van der Waals surface area contributed by atoms with Crippen LogP contribution in [-0.2, 0) is 6.54 Å². The molecule has 0 unspecified atom stereocenters. The van der Waals surface area contributed by atoms with Crippen LogP contribution < -0.4 is 4.74 Å². The highest BCUT2D eigenvalue weighted by molar-refractivity contribution is 8.00. The molecule has 0 fully saturated rings. The van der Waals surface area contributed by atoms with Gasteiger partial charge in [-0.1, -0.05) is 17.8 Å². The molecule has 0 aliphatic heterocycles.